The zero-order chi connectivity index (χ0) is 13.3. The lowest BCUT2D eigenvalue weighted by Crippen LogP contribution is -2.08. The SMILES string of the molecule is OC(c1ncc(Cl)cc1Cl)c1c(F)cccc1F. The number of aliphatic hydroxyl groups is 1. The average molecular weight is 290 g/mol. The molecule has 0 spiro atoms. The van der Waals surface area contributed by atoms with E-state index >= 15 is 0 Å². The van der Waals surface area contributed by atoms with Crippen LogP contribution < -0.4 is 0 Å². The lowest BCUT2D eigenvalue weighted by Gasteiger charge is -2.13. The van der Waals surface area contributed by atoms with Gasteiger partial charge in [0, 0.05) is 6.20 Å². The molecule has 0 aliphatic heterocycles. The van der Waals surface area contributed by atoms with Crippen molar-refractivity contribution in [3.05, 3.63) is 63.4 Å². The van der Waals surface area contributed by atoms with Gasteiger partial charge in [-0.05, 0) is 18.2 Å². The summed E-state index contributed by atoms with van der Waals surface area (Å²) < 4.78 is 27.0. The first-order chi connectivity index (χ1) is 8.50. The van der Waals surface area contributed by atoms with Crippen LogP contribution in [0.3, 0.4) is 0 Å². The Balaban J connectivity index is 2.51. The molecule has 1 atom stereocenters. The van der Waals surface area contributed by atoms with Crippen LogP contribution >= 0.6 is 23.2 Å². The first-order valence-corrected chi connectivity index (χ1v) is 5.69. The molecule has 1 unspecified atom stereocenters. The molecule has 1 aromatic heterocycles. The van der Waals surface area contributed by atoms with E-state index in [1.165, 1.54) is 18.3 Å². The van der Waals surface area contributed by atoms with E-state index in [-0.39, 0.29) is 15.7 Å². The minimum atomic E-state index is -1.59. The molecule has 0 saturated heterocycles. The molecule has 0 aliphatic rings. The van der Waals surface area contributed by atoms with Crippen molar-refractivity contribution < 1.29 is 13.9 Å². The van der Waals surface area contributed by atoms with Gasteiger partial charge in [-0.25, -0.2) is 8.78 Å². The second-order valence-corrected chi connectivity index (χ2v) is 4.40. The lowest BCUT2D eigenvalue weighted by atomic mass is 10.0. The predicted octanol–water partition coefficient (Wildman–Crippen LogP) is 3.75. The monoisotopic (exact) mass is 289 g/mol. The summed E-state index contributed by atoms with van der Waals surface area (Å²) in [6.45, 7) is 0. The topological polar surface area (TPSA) is 33.1 Å². The summed E-state index contributed by atoms with van der Waals surface area (Å²) in [6, 6.07) is 4.64. The fraction of sp³-hybridized carbons (Fsp3) is 0.0833. The van der Waals surface area contributed by atoms with E-state index in [9.17, 15) is 13.9 Å². The number of halogens is 4. The third-order valence-electron chi connectivity index (χ3n) is 2.37. The van der Waals surface area contributed by atoms with Crippen LogP contribution in [0.2, 0.25) is 10.0 Å². The maximum absolute atomic E-state index is 13.5. The van der Waals surface area contributed by atoms with Gasteiger partial charge >= 0.3 is 0 Å². The van der Waals surface area contributed by atoms with Gasteiger partial charge in [0.1, 0.15) is 17.7 Å². The zero-order valence-corrected chi connectivity index (χ0v) is 10.4. The lowest BCUT2D eigenvalue weighted by molar-refractivity contribution is 0.204. The van der Waals surface area contributed by atoms with Gasteiger partial charge in [-0.2, -0.15) is 0 Å². The number of hydrogen-bond donors (Lipinski definition) is 1. The fourth-order valence-electron chi connectivity index (χ4n) is 1.54. The highest BCUT2D eigenvalue weighted by molar-refractivity contribution is 6.34. The Kier molecular flexibility index (Phi) is 3.80. The van der Waals surface area contributed by atoms with E-state index in [0.29, 0.717) is 0 Å². The number of benzene rings is 1. The van der Waals surface area contributed by atoms with Crippen LogP contribution in [0.15, 0.2) is 30.5 Å². The molecule has 0 amide bonds. The van der Waals surface area contributed by atoms with Gasteiger partial charge in [0.25, 0.3) is 0 Å². The van der Waals surface area contributed by atoms with E-state index in [1.807, 2.05) is 0 Å². The Morgan fingerprint density at radius 2 is 1.78 bits per heavy atom. The van der Waals surface area contributed by atoms with Gasteiger partial charge < -0.3 is 5.11 Å². The third-order valence-corrected chi connectivity index (χ3v) is 2.88. The van der Waals surface area contributed by atoms with Crippen molar-refractivity contribution in [2.45, 2.75) is 6.10 Å². The van der Waals surface area contributed by atoms with Crippen molar-refractivity contribution in [1.82, 2.24) is 4.98 Å². The first-order valence-electron chi connectivity index (χ1n) is 4.93. The van der Waals surface area contributed by atoms with Gasteiger partial charge in [0.2, 0.25) is 0 Å². The summed E-state index contributed by atoms with van der Waals surface area (Å²) in [5.74, 6) is -1.73. The molecule has 18 heavy (non-hydrogen) atoms. The van der Waals surface area contributed by atoms with Crippen LogP contribution in [-0.2, 0) is 0 Å². The van der Waals surface area contributed by atoms with E-state index < -0.39 is 23.3 Å². The highest BCUT2D eigenvalue weighted by atomic mass is 35.5. The Bertz CT molecular complexity index is 572. The molecule has 2 rings (SSSR count). The van der Waals surface area contributed by atoms with Crippen molar-refractivity contribution in [3.63, 3.8) is 0 Å². The molecular weight excluding hydrogens is 283 g/mol. The summed E-state index contributed by atoms with van der Waals surface area (Å²) in [7, 11) is 0. The largest absolute Gasteiger partial charge is 0.382 e. The molecule has 2 nitrogen and oxygen atoms in total. The molecular formula is C12H7Cl2F2NO. The van der Waals surface area contributed by atoms with Gasteiger partial charge in [0.05, 0.1) is 21.3 Å². The second-order valence-electron chi connectivity index (χ2n) is 3.56. The standard InChI is InChI=1S/C12H7Cl2F2NO/c13-6-4-7(14)11(17-5-6)12(18)10-8(15)2-1-3-9(10)16/h1-5,12,18H. The second kappa shape index (κ2) is 5.18. The van der Waals surface area contributed by atoms with Gasteiger partial charge in [-0.1, -0.05) is 29.3 Å². The van der Waals surface area contributed by atoms with Crippen LogP contribution in [0.25, 0.3) is 0 Å². The van der Waals surface area contributed by atoms with E-state index in [1.54, 1.807) is 0 Å². The molecule has 1 heterocycles. The summed E-state index contributed by atoms with van der Waals surface area (Å²) in [4.78, 5) is 3.79. The van der Waals surface area contributed by atoms with E-state index in [2.05, 4.69) is 4.98 Å². The Morgan fingerprint density at radius 3 is 2.33 bits per heavy atom. The summed E-state index contributed by atoms with van der Waals surface area (Å²) in [5, 5.41) is 10.3. The highest BCUT2D eigenvalue weighted by Gasteiger charge is 2.22. The maximum Gasteiger partial charge on any atom is 0.132 e. The quantitative estimate of drug-likeness (QED) is 0.913. The number of rotatable bonds is 2. The number of aliphatic hydroxyl groups excluding tert-OH is 1. The van der Waals surface area contributed by atoms with Crippen molar-refractivity contribution in [2.24, 2.45) is 0 Å². The third kappa shape index (κ3) is 2.46. The van der Waals surface area contributed by atoms with Gasteiger partial charge in [0.15, 0.2) is 0 Å². The molecule has 6 heteroatoms. The van der Waals surface area contributed by atoms with Crippen LogP contribution in [0.1, 0.15) is 17.4 Å². The number of hydrogen-bond acceptors (Lipinski definition) is 2. The number of nitrogens with zero attached hydrogens (tertiary/aromatic N) is 1. The van der Waals surface area contributed by atoms with Crippen molar-refractivity contribution in [3.8, 4) is 0 Å². The number of aromatic nitrogens is 1. The molecule has 94 valence electrons. The Morgan fingerprint density at radius 1 is 1.17 bits per heavy atom. The van der Waals surface area contributed by atoms with Crippen LogP contribution in [0, 0.1) is 11.6 Å². The molecule has 1 aromatic carbocycles. The van der Waals surface area contributed by atoms with Crippen molar-refractivity contribution >= 4 is 23.2 Å². The van der Waals surface area contributed by atoms with Crippen molar-refractivity contribution in [1.29, 1.82) is 0 Å². The Hall–Kier alpha value is -1.23. The van der Waals surface area contributed by atoms with Crippen LogP contribution in [0.4, 0.5) is 8.78 Å². The van der Waals surface area contributed by atoms with Crippen LogP contribution in [0.5, 0.6) is 0 Å². The number of pyridine rings is 1. The minimum absolute atomic E-state index is 0.0395. The smallest absolute Gasteiger partial charge is 0.132 e. The molecule has 0 saturated carbocycles. The molecule has 0 bridgehead atoms. The van der Waals surface area contributed by atoms with Gasteiger partial charge in [-0.15, -0.1) is 0 Å². The van der Waals surface area contributed by atoms with Gasteiger partial charge in [-0.3, -0.25) is 4.98 Å². The summed E-state index contributed by atoms with van der Waals surface area (Å²) in [5.41, 5.74) is -0.542. The fourth-order valence-corrected chi connectivity index (χ4v) is 2.02. The van der Waals surface area contributed by atoms with E-state index in [4.69, 9.17) is 23.2 Å². The molecule has 0 fully saturated rings. The molecule has 0 radical (unpaired) electrons. The first kappa shape index (κ1) is 13.2. The zero-order valence-electron chi connectivity index (χ0n) is 8.87. The molecule has 2 aromatic rings. The average Bonchev–Trinajstić information content (AvgIpc) is 2.28. The minimum Gasteiger partial charge on any atom is -0.382 e. The molecule has 0 aliphatic carbocycles. The summed E-state index contributed by atoms with van der Waals surface area (Å²) >= 11 is 11.5. The molecule has 1 N–H and O–H groups in total. The predicted molar refractivity (Wildman–Crippen MR) is 64.7 cm³/mol. The van der Waals surface area contributed by atoms with Crippen LogP contribution in [-0.4, -0.2) is 10.1 Å². The van der Waals surface area contributed by atoms with Crippen molar-refractivity contribution in [2.75, 3.05) is 0 Å². The Labute approximate surface area is 112 Å². The normalized spacial score (nSPS) is 12.5. The highest BCUT2D eigenvalue weighted by Crippen LogP contribution is 2.30. The summed E-state index contributed by atoms with van der Waals surface area (Å²) in [6.07, 6.45) is -0.346. The van der Waals surface area contributed by atoms with E-state index in [0.717, 1.165) is 12.1 Å². The maximum atomic E-state index is 13.5.